The summed E-state index contributed by atoms with van der Waals surface area (Å²) in [5.41, 5.74) is 0.218. The van der Waals surface area contributed by atoms with Crippen LogP contribution in [0.2, 0.25) is 0 Å². The van der Waals surface area contributed by atoms with Gasteiger partial charge in [-0.25, -0.2) is 4.79 Å². The van der Waals surface area contributed by atoms with E-state index in [0.717, 1.165) is 12.8 Å². The molecular weight excluding hydrogens is 326 g/mol. The molecule has 1 aromatic heterocycles. The molecule has 0 aliphatic carbocycles. The molecule has 0 aliphatic heterocycles. The maximum atomic E-state index is 12.0. The number of aryl methyl sites for hydroxylation is 2. The first-order valence-corrected chi connectivity index (χ1v) is 8.06. The van der Waals surface area contributed by atoms with E-state index >= 15 is 0 Å². The number of carboxylic acids is 1. The number of amides is 1. The van der Waals surface area contributed by atoms with Gasteiger partial charge in [0.1, 0.15) is 5.75 Å². The number of nitrogens with zero attached hydrogens (tertiary/aromatic N) is 2. The minimum absolute atomic E-state index is 0.0196. The van der Waals surface area contributed by atoms with E-state index in [9.17, 15) is 14.7 Å². The zero-order valence-electron chi connectivity index (χ0n) is 14.2. The van der Waals surface area contributed by atoms with Gasteiger partial charge in [0, 0.05) is 19.3 Å². The van der Waals surface area contributed by atoms with Gasteiger partial charge in [0.25, 0.3) is 0 Å². The maximum absolute atomic E-state index is 12.0. The highest BCUT2D eigenvalue weighted by Gasteiger charge is 2.14. The first-order valence-electron chi connectivity index (χ1n) is 8.06. The molecule has 8 nitrogen and oxygen atoms in total. The summed E-state index contributed by atoms with van der Waals surface area (Å²) in [6.07, 6.45) is 2.95. The van der Waals surface area contributed by atoms with Crippen LogP contribution in [0.3, 0.4) is 0 Å². The van der Waals surface area contributed by atoms with Crippen molar-refractivity contribution >= 4 is 17.6 Å². The number of anilines is 1. The average molecular weight is 347 g/mol. The first kappa shape index (κ1) is 18.4. The van der Waals surface area contributed by atoms with Crippen molar-refractivity contribution in [3.63, 3.8) is 0 Å². The summed E-state index contributed by atoms with van der Waals surface area (Å²) in [6.45, 7) is 2.03. The molecule has 25 heavy (non-hydrogen) atoms. The molecule has 0 spiro atoms. The van der Waals surface area contributed by atoms with Crippen molar-refractivity contribution in [2.75, 3.05) is 12.4 Å². The van der Waals surface area contributed by atoms with Crippen LogP contribution < -0.4 is 10.1 Å². The number of benzene rings is 1. The number of hydrogen-bond acceptors (Lipinski definition) is 6. The fraction of sp³-hybridized carbons (Fsp3) is 0.412. The smallest absolute Gasteiger partial charge is 0.337 e. The number of carboxylic acid groups (broad SMARTS) is 1. The highest BCUT2D eigenvalue weighted by atomic mass is 16.5. The molecule has 1 heterocycles. The average Bonchev–Trinajstić information content (AvgIpc) is 3.03. The third-order valence-corrected chi connectivity index (χ3v) is 3.51. The summed E-state index contributed by atoms with van der Waals surface area (Å²) in [4.78, 5) is 27.6. The van der Waals surface area contributed by atoms with Crippen molar-refractivity contribution in [3.05, 3.63) is 35.5 Å². The summed E-state index contributed by atoms with van der Waals surface area (Å²) >= 11 is 0. The van der Waals surface area contributed by atoms with E-state index in [1.54, 1.807) is 6.07 Å². The van der Waals surface area contributed by atoms with E-state index < -0.39 is 5.97 Å². The van der Waals surface area contributed by atoms with E-state index in [1.165, 1.54) is 19.2 Å². The Morgan fingerprint density at radius 1 is 1.32 bits per heavy atom. The monoisotopic (exact) mass is 347 g/mol. The van der Waals surface area contributed by atoms with Crippen LogP contribution in [0.25, 0.3) is 0 Å². The summed E-state index contributed by atoms with van der Waals surface area (Å²) in [5.74, 6) is 0.178. The van der Waals surface area contributed by atoms with Crippen molar-refractivity contribution in [1.29, 1.82) is 0 Å². The minimum Gasteiger partial charge on any atom is -0.497 e. The highest BCUT2D eigenvalue weighted by Crippen LogP contribution is 2.22. The summed E-state index contributed by atoms with van der Waals surface area (Å²) in [6, 6.07) is 4.47. The SMILES string of the molecule is CCCc1noc(CCCC(=O)Nc2ccc(OC)cc2C(=O)O)n1. The number of aromatic carboxylic acids is 1. The standard InChI is InChI=1S/C17H21N3O5/c1-3-5-14-19-16(25-20-14)7-4-6-15(21)18-13-9-8-11(24-2)10-12(13)17(22)23/h8-10H,3-7H2,1-2H3,(H,18,21)(H,22,23). The number of carbonyl (C=O) groups excluding carboxylic acids is 1. The van der Waals surface area contributed by atoms with Gasteiger partial charge >= 0.3 is 5.97 Å². The van der Waals surface area contributed by atoms with E-state index in [1.807, 2.05) is 6.92 Å². The van der Waals surface area contributed by atoms with Crippen molar-refractivity contribution < 1.29 is 24.0 Å². The topological polar surface area (TPSA) is 115 Å². The number of methoxy groups -OCH3 is 1. The van der Waals surface area contributed by atoms with Crippen molar-refractivity contribution in [2.24, 2.45) is 0 Å². The van der Waals surface area contributed by atoms with Gasteiger partial charge in [0.05, 0.1) is 18.4 Å². The molecule has 0 aliphatic rings. The van der Waals surface area contributed by atoms with Gasteiger partial charge in [-0.3, -0.25) is 4.79 Å². The predicted molar refractivity (Wildman–Crippen MR) is 89.8 cm³/mol. The Labute approximate surface area is 145 Å². The molecular formula is C17H21N3O5. The van der Waals surface area contributed by atoms with Crippen LogP contribution in [0.1, 0.15) is 48.3 Å². The zero-order chi connectivity index (χ0) is 18.2. The molecule has 0 saturated carbocycles. The van der Waals surface area contributed by atoms with E-state index in [4.69, 9.17) is 9.26 Å². The maximum Gasteiger partial charge on any atom is 0.337 e. The molecule has 0 bridgehead atoms. The Balaban J connectivity index is 1.88. The van der Waals surface area contributed by atoms with Gasteiger partial charge in [-0.15, -0.1) is 0 Å². The van der Waals surface area contributed by atoms with Crippen LogP contribution in [0.5, 0.6) is 5.75 Å². The third kappa shape index (κ3) is 5.30. The lowest BCUT2D eigenvalue weighted by molar-refractivity contribution is -0.116. The first-order chi connectivity index (χ1) is 12.0. The molecule has 2 rings (SSSR count). The van der Waals surface area contributed by atoms with Crippen LogP contribution in [0.4, 0.5) is 5.69 Å². The summed E-state index contributed by atoms with van der Waals surface area (Å²) in [5, 5.41) is 15.7. The molecule has 0 radical (unpaired) electrons. The number of rotatable bonds is 9. The van der Waals surface area contributed by atoms with Gasteiger partial charge in [0.15, 0.2) is 5.82 Å². The quantitative estimate of drug-likeness (QED) is 0.716. The molecule has 2 aromatic rings. The minimum atomic E-state index is -1.14. The number of aromatic nitrogens is 2. The molecule has 1 aromatic carbocycles. The Morgan fingerprint density at radius 2 is 2.12 bits per heavy atom. The van der Waals surface area contributed by atoms with Crippen molar-refractivity contribution in [1.82, 2.24) is 10.1 Å². The lowest BCUT2D eigenvalue weighted by atomic mass is 10.1. The number of hydrogen-bond donors (Lipinski definition) is 2. The number of nitrogens with one attached hydrogen (secondary N) is 1. The molecule has 2 N–H and O–H groups in total. The van der Waals surface area contributed by atoms with Gasteiger partial charge in [-0.1, -0.05) is 12.1 Å². The fourth-order valence-electron chi connectivity index (χ4n) is 2.27. The summed E-state index contributed by atoms with van der Waals surface area (Å²) in [7, 11) is 1.45. The molecule has 0 fully saturated rings. The molecule has 134 valence electrons. The Morgan fingerprint density at radius 3 is 2.80 bits per heavy atom. The van der Waals surface area contributed by atoms with Crippen LogP contribution in [0.15, 0.2) is 22.7 Å². The van der Waals surface area contributed by atoms with Crippen LogP contribution in [-0.2, 0) is 17.6 Å². The van der Waals surface area contributed by atoms with Gasteiger partial charge < -0.3 is 19.7 Å². The largest absolute Gasteiger partial charge is 0.497 e. The number of ether oxygens (including phenoxy) is 1. The van der Waals surface area contributed by atoms with E-state index in [2.05, 4.69) is 15.5 Å². The van der Waals surface area contributed by atoms with Crippen LogP contribution in [0, 0.1) is 0 Å². The number of carbonyl (C=O) groups is 2. The van der Waals surface area contributed by atoms with E-state index in [0.29, 0.717) is 30.3 Å². The Hall–Kier alpha value is -2.90. The Kier molecular flexibility index (Phi) is 6.50. The zero-order valence-corrected chi connectivity index (χ0v) is 14.2. The third-order valence-electron chi connectivity index (χ3n) is 3.51. The second kappa shape index (κ2) is 8.81. The highest BCUT2D eigenvalue weighted by molar-refractivity contribution is 6.00. The molecule has 0 unspecified atom stereocenters. The fourth-order valence-corrected chi connectivity index (χ4v) is 2.27. The second-order valence-electron chi connectivity index (χ2n) is 5.47. The second-order valence-corrected chi connectivity index (χ2v) is 5.47. The normalized spacial score (nSPS) is 10.5. The van der Waals surface area contributed by atoms with Gasteiger partial charge in [0.2, 0.25) is 11.8 Å². The summed E-state index contributed by atoms with van der Waals surface area (Å²) < 4.78 is 10.1. The van der Waals surface area contributed by atoms with Gasteiger partial charge in [-0.2, -0.15) is 4.98 Å². The van der Waals surface area contributed by atoms with Crippen LogP contribution >= 0.6 is 0 Å². The molecule has 0 saturated heterocycles. The Bertz CT molecular complexity index is 742. The molecule has 8 heteroatoms. The van der Waals surface area contributed by atoms with Crippen molar-refractivity contribution in [2.45, 2.75) is 39.0 Å². The predicted octanol–water partition coefficient (Wildman–Crippen LogP) is 2.69. The molecule has 1 amide bonds. The van der Waals surface area contributed by atoms with E-state index in [-0.39, 0.29) is 23.6 Å². The van der Waals surface area contributed by atoms with Crippen molar-refractivity contribution in [3.8, 4) is 5.75 Å². The van der Waals surface area contributed by atoms with Gasteiger partial charge in [-0.05, 0) is 31.0 Å². The molecule has 0 atom stereocenters. The lowest BCUT2D eigenvalue weighted by Gasteiger charge is -2.09. The lowest BCUT2D eigenvalue weighted by Crippen LogP contribution is -2.14. The van der Waals surface area contributed by atoms with Crippen LogP contribution in [-0.4, -0.2) is 34.2 Å².